The number of hydrogen-bond acceptors (Lipinski definition) is 4. The van der Waals surface area contributed by atoms with Gasteiger partial charge in [0.25, 0.3) is 10.0 Å². The fraction of sp³-hybridized carbons (Fsp3) is 0.143. The number of halogens is 1. The van der Waals surface area contributed by atoms with Gasteiger partial charge in [0.15, 0.2) is 5.65 Å². The van der Waals surface area contributed by atoms with Gasteiger partial charge in [-0.05, 0) is 55.8 Å². The van der Waals surface area contributed by atoms with E-state index in [9.17, 15) is 12.8 Å². The molecule has 0 aliphatic heterocycles. The van der Waals surface area contributed by atoms with Gasteiger partial charge in [-0.1, -0.05) is 29.8 Å². The molecule has 0 fully saturated rings. The molecule has 8 heteroatoms. The van der Waals surface area contributed by atoms with Gasteiger partial charge in [0.1, 0.15) is 16.5 Å². The van der Waals surface area contributed by atoms with Crippen LogP contribution < -0.4 is 4.31 Å². The first kappa shape index (κ1) is 19.1. The second-order valence-corrected chi connectivity index (χ2v) is 8.68. The van der Waals surface area contributed by atoms with Crippen LogP contribution in [0.4, 0.5) is 10.1 Å². The van der Waals surface area contributed by atoms with E-state index in [0.717, 1.165) is 11.1 Å². The van der Waals surface area contributed by atoms with Gasteiger partial charge in [0.2, 0.25) is 0 Å². The number of anilines is 1. The van der Waals surface area contributed by atoms with Gasteiger partial charge in [-0.3, -0.25) is 8.71 Å². The summed E-state index contributed by atoms with van der Waals surface area (Å²) in [5, 5.41) is 7.96. The van der Waals surface area contributed by atoms with Gasteiger partial charge < -0.3 is 0 Å². The Labute approximate surface area is 168 Å². The van der Waals surface area contributed by atoms with Crippen molar-refractivity contribution in [3.8, 4) is 0 Å². The van der Waals surface area contributed by atoms with Crippen molar-refractivity contribution in [1.82, 2.24) is 14.6 Å². The van der Waals surface area contributed by atoms with Crippen molar-refractivity contribution in [2.75, 3.05) is 4.31 Å². The highest BCUT2D eigenvalue weighted by atomic mass is 32.2. The summed E-state index contributed by atoms with van der Waals surface area (Å²) in [5.41, 5.74) is 2.85. The largest absolute Gasteiger partial charge is 0.285 e. The Kier molecular flexibility index (Phi) is 4.79. The van der Waals surface area contributed by atoms with Crippen LogP contribution in [-0.2, 0) is 16.6 Å². The lowest BCUT2D eigenvalue weighted by atomic mass is 10.1. The van der Waals surface area contributed by atoms with E-state index in [0.29, 0.717) is 17.2 Å². The molecule has 0 amide bonds. The molecular weight excluding hydrogens is 391 g/mol. The standard InChI is InChI=1S/C21H19FN4O2S/c1-15-3-5-17(6-4-15)13-26(19-9-7-18(22)8-10-19)29(27,28)20-11-12-21-24-23-16(2)25(21)14-20/h3-12,14H,13H2,1-2H3. The van der Waals surface area contributed by atoms with E-state index in [-0.39, 0.29) is 11.4 Å². The van der Waals surface area contributed by atoms with E-state index in [1.807, 2.05) is 31.2 Å². The second kappa shape index (κ2) is 7.29. The Balaban J connectivity index is 1.82. The molecular formula is C21H19FN4O2S. The zero-order chi connectivity index (χ0) is 20.6. The van der Waals surface area contributed by atoms with Gasteiger partial charge in [0, 0.05) is 6.20 Å². The fourth-order valence-corrected chi connectivity index (χ4v) is 4.50. The molecule has 0 aliphatic carbocycles. The Morgan fingerprint density at radius 2 is 1.62 bits per heavy atom. The zero-order valence-electron chi connectivity index (χ0n) is 15.9. The van der Waals surface area contributed by atoms with Gasteiger partial charge in [0.05, 0.1) is 12.2 Å². The van der Waals surface area contributed by atoms with E-state index in [4.69, 9.17) is 0 Å². The minimum absolute atomic E-state index is 0.101. The summed E-state index contributed by atoms with van der Waals surface area (Å²) in [5.74, 6) is 0.159. The number of aromatic nitrogens is 3. The molecule has 0 aliphatic rings. The molecule has 0 N–H and O–H groups in total. The van der Waals surface area contributed by atoms with Crippen LogP contribution in [0.1, 0.15) is 17.0 Å². The number of sulfonamides is 1. The first-order chi connectivity index (χ1) is 13.8. The highest BCUT2D eigenvalue weighted by molar-refractivity contribution is 7.92. The molecule has 0 atom stereocenters. The number of rotatable bonds is 5. The third-order valence-corrected chi connectivity index (χ3v) is 6.45. The summed E-state index contributed by atoms with van der Waals surface area (Å²) in [7, 11) is -3.93. The third kappa shape index (κ3) is 3.71. The molecule has 148 valence electrons. The second-order valence-electron chi connectivity index (χ2n) is 6.81. The van der Waals surface area contributed by atoms with Crippen LogP contribution in [0.25, 0.3) is 5.65 Å². The van der Waals surface area contributed by atoms with Crippen LogP contribution in [0.15, 0.2) is 71.8 Å². The molecule has 6 nitrogen and oxygen atoms in total. The van der Waals surface area contributed by atoms with E-state index in [1.54, 1.807) is 17.4 Å². The maximum atomic E-state index is 13.5. The maximum Gasteiger partial charge on any atom is 0.266 e. The minimum Gasteiger partial charge on any atom is -0.285 e. The number of hydrogen-bond donors (Lipinski definition) is 0. The van der Waals surface area contributed by atoms with Crippen LogP contribution in [0.3, 0.4) is 0 Å². The first-order valence-electron chi connectivity index (χ1n) is 9.00. The van der Waals surface area contributed by atoms with E-state index in [2.05, 4.69) is 10.2 Å². The van der Waals surface area contributed by atoms with Gasteiger partial charge >= 0.3 is 0 Å². The number of aryl methyl sites for hydroxylation is 2. The predicted octanol–water partition coefficient (Wildman–Crippen LogP) is 3.88. The van der Waals surface area contributed by atoms with E-state index < -0.39 is 15.8 Å². The highest BCUT2D eigenvalue weighted by Gasteiger charge is 2.26. The minimum atomic E-state index is -3.93. The summed E-state index contributed by atoms with van der Waals surface area (Å²) in [6, 6.07) is 16.2. The van der Waals surface area contributed by atoms with Crippen LogP contribution in [0.2, 0.25) is 0 Å². The third-order valence-electron chi connectivity index (χ3n) is 4.70. The fourth-order valence-electron chi connectivity index (χ4n) is 3.05. The molecule has 2 aromatic carbocycles. The predicted molar refractivity (Wildman–Crippen MR) is 109 cm³/mol. The SMILES string of the molecule is Cc1ccc(CN(c2ccc(F)cc2)S(=O)(=O)c2ccc3nnc(C)n3c2)cc1. The van der Waals surface area contributed by atoms with Crippen LogP contribution in [-0.4, -0.2) is 23.0 Å². The topological polar surface area (TPSA) is 67.6 Å². The average molecular weight is 410 g/mol. The van der Waals surface area contributed by atoms with Crippen molar-refractivity contribution < 1.29 is 12.8 Å². The van der Waals surface area contributed by atoms with Crippen LogP contribution in [0, 0.1) is 19.7 Å². The Morgan fingerprint density at radius 1 is 0.931 bits per heavy atom. The normalized spacial score (nSPS) is 11.7. The number of fused-ring (bicyclic) bond motifs is 1. The average Bonchev–Trinajstić information content (AvgIpc) is 3.09. The number of pyridine rings is 1. The van der Waals surface area contributed by atoms with Gasteiger partial charge in [-0.15, -0.1) is 10.2 Å². The van der Waals surface area contributed by atoms with Crippen LogP contribution in [0.5, 0.6) is 0 Å². The van der Waals surface area contributed by atoms with Crippen molar-refractivity contribution in [2.24, 2.45) is 0 Å². The van der Waals surface area contributed by atoms with E-state index >= 15 is 0 Å². The lowest BCUT2D eigenvalue weighted by Crippen LogP contribution is -2.30. The molecule has 0 unspecified atom stereocenters. The van der Waals surface area contributed by atoms with Gasteiger partial charge in [-0.2, -0.15) is 0 Å². The maximum absolute atomic E-state index is 13.5. The first-order valence-corrected chi connectivity index (χ1v) is 10.4. The van der Waals surface area contributed by atoms with E-state index in [1.165, 1.54) is 40.8 Å². The quantitative estimate of drug-likeness (QED) is 0.501. The molecule has 2 aromatic heterocycles. The summed E-state index contributed by atoms with van der Waals surface area (Å²) < 4.78 is 43.4. The summed E-state index contributed by atoms with van der Waals surface area (Å²) in [4.78, 5) is 0.101. The summed E-state index contributed by atoms with van der Waals surface area (Å²) in [6.45, 7) is 3.84. The molecule has 4 rings (SSSR count). The molecule has 0 spiro atoms. The zero-order valence-corrected chi connectivity index (χ0v) is 16.8. The monoisotopic (exact) mass is 410 g/mol. The molecule has 29 heavy (non-hydrogen) atoms. The molecule has 0 radical (unpaired) electrons. The summed E-state index contributed by atoms with van der Waals surface area (Å²) >= 11 is 0. The number of nitrogens with zero attached hydrogens (tertiary/aromatic N) is 4. The lowest BCUT2D eigenvalue weighted by Gasteiger charge is -2.25. The molecule has 4 aromatic rings. The van der Waals surface area contributed by atoms with Crippen molar-refractivity contribution in [2.45, 2.75) is 25.3 Å². The van der Waals surface area contributed by atoms with Crippen molar-refractivity contribution >= 4 is 21.4 Å². The molecule has 0 saturated carbocycles. The Hall–Kier alpha value is -3.26. The molecule has 0 bridgehead atoms. The highest BCUT2D eigenvalue weighted by Crippen LogP contribution is 2.27. The van der Waals surface area contributed by atoms with Crippen molar-refractivity contribution in [1.29, 1.82) is 0 Å². The summed E-state index contributed by atoms with van der Waals surface area (Å²) in [6.07, 6.45) is 1.51. The lowest BCUT2D eigenvalue weighted by molar-refractivity contribution is 0.589. The van der Waals surface area contributed by atoms with Crippen molar-refractivity contribution in [3.05, 3.63) is 89.6 Å². The molecule has 2 heterocycles. The number of benzene rings is 2. The Bertz CT molecular complexity index is 1270. The smallest absolute Gasteiger partial charge is 0.266 e. The van der Waals surface area contributed by atoms with Crippen molar-refractivity contribution in [3.63, 3.8) is 0 Å². The van der Waals surface area contributed by atoms with Gasteiger partial charge in [-0.25, -0.2) is 12.8 Å². The Morgan fingerprint density at radius 3 is 2.31 bits per heavy atom. The van der Waals surface area contributed by atoms with Crippen LogP contribution >= 0.6 is 0 Å². The molecule has 0 saturated heterocycles.